The fourth-order valence-corrected chi connectivity index (χ4v) is 4.67. The number of nitrogens with zero attached hydrogens (tertiary/aromatic N) is 1. The van der Waals surface area contributed by atoms with Crippen molar-refractivity contribution in [2.75, 3.05) is 11.9 Å². The van der Waals surface area contributed by atoms with Crippen LogP contribution in [0.15, 0.2) is 96.4 Å². The summed E-state index contributed by atoms with van der Waals surface area (Å²) in [5.74, 6) is 0.382. The van der Waals surface area contributed by atoms with Crippen LogP contribution in [0.5, 0.6) is 5.75 Å². The normalized spacial score (nSPS) is 10.8. The first-order valence-electron chi connectivity index (χ1n) is 10.8. The predicted molar refractivity (Wildman–Crippen MR) is 136 cm³/mol. The van der Waals surface area contributed by atoms with Gasteiger partial charge in [-0.2, -0.15) is 0 Å². The van der Waals surface area contributed by atoms with E-state index < -0.39 is 0 Å². The first-order valence-corrected chi connectivity index (χ1v) is 11.7. The number of fused-ring (bicyclic) bond motifs is 1. The molecule has 0 saturated heterocycles. The van der Waals surface area contributed by atoms with Crippen molar-refractivity contribution in [3.05, 3.63) is 102 Å². The zero-order chi connectivity index (χ0) is 22.6. The molecule has 0 unspecified atom stereocenters. The van der Waals surface area contributed by atoms with Gasteiger partial charge in [0.1, 0.15) is 10.8 Å². The fourth-order valence-electron chi connectivity index (χ4n) is 3.83. The van der Waals surface area contributed by atoms with Gasteiger partial charge in [0.05, 0.1) is 17.9 Å². The summed E-state index contributed by atoms with van der Waals surface area (Å²) in [5, 5.41) is 7.93. The van der Waals surface area contributed by atoms with Crippen molar-refractivity contribution in [3.63, 3.8) is 0 Å². The minimum Gasteiger partial charge on any atom is -0.493 e. The second-order valence-electron chi connectivity index (χ2n) is 7.53. The number of nitrogens with one attached hydrogen (secondary N) is 1. The first-order chi connectivity index (χ1) is 16.2. The Morgan fingerprint density at radius 3 is 2.55 bits per heavy atom. The summed E-state index contributed by atoms with van der Waals surface area (Å²) in [5.41, 5.74) is 4.18. The number of ether oxygens (including phenoxy) is 1. The van der Waals surface area contributed by atoms with E-state index in [2.05, 4.69) is 17.4 Å². The van der Waals surface area contributed by atoms with Crippen LogP contribution in [-0.4, -0.2) is 17.5 Å². The molecule has 1 heterocycles. The van der Waals surface area contributed by atoms with E-state index in [0.717, 1.165) is 32.6 Å². The van der Waals surface area contributed by atoms with Crippen LogP contribution in [0.2, 0.25) is 0 Å². The predicted octanol–water partition coefficient (Wildman–Crippen LogP) is 7.28. The number of carbonyl (C=O) groups excluding carboxylic acids is 1. The molecule has 33 heavy (non-hydrogen) atoms. The van der Waals surface area contributed by atoms with Crippen LogP contribution < -0.4 is 10.1 Å². The van der Waals surface area contributed by atoms with E-state index in [1.54, 1.807) is 11.3 Å². The number of hydrogen-bond acceptors (Lipinski definition) is 4. The van der Waals surface area contributed by atoms with Crippen molar-refractivity contribution >= 4 is 33.7 Å². The highest BCUT2D eigenvalue weighted by atomic mass is 32.1. The first kappa shape index (κ1) is 20.9. The van der Waals surface area contributed by atoms with E-state index in [4.69, 9.17) is 9.72 Å². The Morgan fingerprint density at radius 1 is 0.909 bits per heavy atom. The fraction of sp³-hybridized carbons (Fsp3) is 0.0714. The van der Waals surface area contributed by atoms with Crippen molar-refractivity contribution in [2.45, 2.75) is 6.92 Å². The van der Waals surface area contributed by atoms with Crippen LogP contribution in [0.1, 0.15) is 17.3 Å². The molecule has 0 aliphatic heterocycles. The van der Waals surface area contributed by atoms with Gasteiger partial charge in [0.25, 0.3) is 5.91 Å². The maximum absolute atomic E-state index is 13.4. The summed E-state index contributed by atoms with van der Waals surface area (Å²) in [6.07, 6.45) is 0. The monoisotopic (exact) mass is 450 g/mol. The number of anilines is 1. The molecule has 5 aromatic rings. The number of thiazole rings is 1. The van der Waals surface area contributed by atoms with Crippen LogP contribution in [0.25, 0.3) is 32.6 Å². The molecule has 0 radical (unpaired) electrons. The standard InChI is InChI=1S/C28H22N2O2S/c1-2-32-25-16-15-19-9-6-7-14-23(19)26(25)27(31)29-22-13-8-12-21(17-22)24-18-33-28(30-24)20-10-4-3-5-11-20/h3-18H,2H2,1H3,(H,29,31). The lowest BCUT2D eigenvalue weighted by Gasteiger charge is -2.14. The molecule has 0 aliphatic carbocycles. The molecular formula is C28H22N2O2S. The zero-order valence-electron chi connectivity index (χ0n) is 18.1. The van der Waals surface area contributed by atoms with Crippen molar-refractivity contribution in [2.24, 2.45) is 0 Å². The minimum atomic E-state index is -0.198. The van der Waals surface area contributed by atoms with E-state index in [0.29, 0.717) is 23.6 Å². The van der Waals surface area contributed by atoms with Crippen LogP contribution in [0.3, 0.4) is 0 Å². The van der Waals surface area contributed by atoms with Crippen LogP contribution >= 0.6 is 11.3 Å². The van der Waals surface area contributed by atoms with Gasteiger partial charge in [-0.1, -0.05) is 72.8 Å². The van der Waals surface area contributed by atoms with E-state index in [-0.39, 0.29) is 5.91 Å². The van der Waals surface area contributed by atoms with Gasteiger partial charge in [-0.15, -0.1) is 11.3 Å². The van der Waals surface area contributed by atoms with Crippen molar-refractivity contribution in [1.82, 2.24) is 4.98 Å². The lowest BCUT2D eigenvalue weighted by atomic mass is 10.0. The van der Waals surface area contributed by atoms with Gasteiger partial charge in [0.15, 0.2) is 0 Å². The van der Waals surface area contributed by atoms with Crippen molar-refractivity contribution in [3.8, 4) is 27.6 Å². The summed E-state index contributed by atoms with van der Waals surface area (Å²) in [7, 11) is 0. The molecule has 0 saturated carbocycles. The van der Waals surface area contributed by atoms with Gasteiger partial charge in [-0.05, 0) is 35.9 Å². The third-order valence-electron chi connectivity index (χ3n) is 5.36. The van der Waals surface area contributed by atoms with Gasteiger partial charge in [0.2, 0.25) is 0 Å². The average Bonchev–Trinajstić information content (AvgIpc) is 3.35. The van der Waals surface area contributed by atoms with Crippen molar-refractivity contribution in [1.29, 1.82) is 0 Å². The Balaban J connectivity index is 1.45. The SMILES string of the molecule is CCOc1ccc2ccccc2c1C(=O)Nc1cccc(-c2csc(-c3ccccc3)n2)c1. The molecule has 0 fully saturated rings. The second-order valence-corrected chi connectivity index (χ2v) is 8.39. The summed E-state index contributed by atoms with van der Waals surface area (Å²) in [6, 6.07) is 29.6. The second kappa shape index (κ2) is 9.27. The molecular weight excluding hydrogens is 428 g/mol. The smallest absolute Gasteiger partial charge is 0.260 e. The number of carbonyl (C=O) groups is 1. The van der Waals surface area contributed by atoms with Crippen molar-refractivity contribution < 1.29 is 9.53 Å². The summed E-state index contributed by atoms with van der Waals surface area (Å²) < 4.78 is 5.77. The number of amides is 1. The Labute approximate surface area is 196 Å². The molecule has 5 heteroatoms. The van der Waals surface area contributed by atoms with Gasteiger partial charge in [0, 0.05) is 22.2 Å². The molecule has 0 bridgehead atoms. The highest BCUT2D eigenvalue weighted by molar-refractivity contribution is 7.13. The number of hydrogen-bond donors (Lipinski definition) is 1. The third-order valence-corrected chi connectivity index (χ3v) is 6.25. The van der Waals surface area contributed by atoms with Crippen LogP contribution in [-0.2, 0) is 0 Å². The molecule has 0 aliphatic rings. The number of benzene rings is 4. The highest BCUT2D eigenvalue weighted by Crippen LogP contribution is 2.32. The van der Waals surface area contributed by atoms with E-state index in [1.165, 1.54) is 0 Å². The van der Waals surface area contributed by atoms with Gasteiger partial charge >= 0.3 is 0 Å². The molecule has 5 rings (SSSR count). The summed E-state index contributed by atoms with van der Waals surface area (Å²) in [6.45, 7) is 2.40. The molecule has 0 atom stereocenters. The average molecular weight is 451 g/mol. The molecule has 4 aromatic carbocycles. The largest absolute Gasteiger partial charge is 0.493 e. The van der Waals surface area contributed by atoms with Crippen LogP contribution in [0.4, 0.5) is 5.69 Å². The number of rotatable bonds is 6. The lowest BCUT2D eigenvalue weighted by molar-refractivity contribution is 0.102. The molecule has 162 valence electrons. The van der Waals surface area contributed by atoms with Gasteiger partial charge < -0.3 is 10.1 Å². The molecule has 1 aromatic heterocycles. The molecule has 4 nitrogen and oxygen atoms in total. The Hall–Kier alpha value is -3.96. The highest BCUT2D eigenvalue weighted by Gasteiger charge is 2.17. The van der Waals surface area contributed by atoms with Crippen LogP contribution in [0, 0.1) is 0 Å². The molecule has 0 spiro atoms. The minimum absolute atomic E-state index is 0.198. The Kier molecular flexibility index (Phi) is 5.87. The zero-order valence-corrected chi connectivity index (χ0v) is 18.9. The Bertz CT molecular complexity index is 1430. The molecule has 1 N–H and O–H groups in total. The van der Waals surface area contributed by atoms with E-state index >= 15 is 0 Å². The van der Waals surface area contributed by atoms with E-state index in [9.17, 15) is 4.79 Å². The number of aromatic nitrogens is 1. The van der Waals surface area contributed by atoms with Gasteiger partial charge in [-0.3, -0.25) is 4.79 Å². The quantitative estimate of drug-likeness (QED) is 0.296. The lowest BCUT2D eigenvalue weighted by Crippen LogP contribution is -2.14. The molecule has 1 amide bonds. The Morgan fingerprint density at radius 2 is 1.70 bits per heavy atom. The summed E-state index contributed by atoms with van der Waals surface area (Å²) in [4.78, 5) is 18.2. The maximum atomic E-state index is 13.4. The third kappa shape index (κ3) is 4.36. The maximum Gasteiger partial charge on any atom is 0.260 e. The summed E-state index contributed by atoms with van der Waals surface area (Å²) >= 11 is 1.61. The van der Waals surface area contributed by atoms with E-state index in [1.807, 2.05) is 91.2 Å². The topological polar surface area (TPSA) is 51.2 Å². The van der Waals surface area contributed by atoms with Gasteiger partial charge in [-0.25, -0.2) is 4.98 Å².